The Morgan fingerprint density at radius 1 is 1.00 bits per heavy atom. The molecule has 1 heterocycles. The quantitative estimate of drug-likeness (QED) is 0.165. The number of hydrogen-bond donors (Lipinski definition) is 3. The first-order valence-electron chi connectivity index (χ1n) is 10.6. The molecule has 4 aromatic rings. The van der Waals surface area contributed by atoms with E-state index in [9.17, 15) is 14.9 Å². The van der Waals surface area contributed by atoms with Gasteiger partial charge in [-0.2, -0.15) is 0 Å². The molecule has 0 saturated heterocycles. The summed E-state index contributed by atoms with van der Waals surface area (Å²) in [5, 5.41) is 16.9. The third kappa shape index (κ3) is 5.92. The lowest BCUT2D eigenvalue weighted by Gasteiger charge is -2.12. The standard InChI is InChI=1S/C25H22N6O3/c32-24(20-7-4-8-23(15-20)31(33)34)30-25(27-14-13-22-16-26-17-28-22)29-21-11-9-19(10-12-21)18-5-2-1-3-6-18/h1-12,15-17H,13-14H2,(H,26,28)(H2,27,29,30,32). The number of H-pyrrole nitrogens is 1. The number of nitro benzene ring substituents is 1. The summed E-state index contributed by atoms with van der Waals surface area (Å²) in [6.07, 6.45) is 3.91. The Labute approximate surface area is 195 Å². The van der Waals surface area contributed by atoms with E-state index in [-0.39, 0.29) is 17.2 Å². The summed E-state index contributed by atoms with van der Waals surface area (Å²) in [7, 11) is 0. The van der Waals surface area contributed by atoms with E-state index < -0.39 is 10.8 Å². The summed E-state index contributed by atoms with van der Waals surface area (Å²) in [5.74, 6) is -0.263. The van der Waals surface area contributed by atoms with Gasteiger partial charge in [0.2, 0.25) is 5.96 Å². The van der Waals surface area contributed by atoms with Crippen molar-refractivity contribution in [1.82, 2.24) is 15.3 Å². The summed E-state index contributed by atoms with van der Waals surface area (Å²) in [6, 6.07) is 23.3. The molecular formula is C25H22N6O3. The number of nitrogens with zero attached hydrogens (tertiary/aromatic N) is 3. The lowest BCUT2D eigenvalue weighted by molar-refractivity contribution is -0.384. The van der Waals surface area contributed by atoms with Gasteiger partial charge in [-0.05, 0) is 29.3 Å². The van der Waals surface area contributed by atoms with Crippen molar-refractivity contribution in [1.29, 1.82) is 0 Å². The summed E-state index contributed by atoms with van der Waals surface area (Å²) in [6.45, 7) is 0.391. The summed E-state index contributed by atoms with van der Waals surface area (Å²) >= 11 is 0. The van der Waals surface area contributed by atoms with Crippen LogP contribution < -0.4 is 10.6 Å². The smallest absolute Gasteiger partial charge is 0.270 e. The molecule has 1 amide bonds. The first-order chi connectivity index (χ1) is 16.6. The first kappa shape index (κ1) is 22.4. The Bertz CT molecular complexity index is 1290. The number of anilines is 1. The maximum Gasteiger partial charge on any atom is 0.270 e. The van der Waals surface area contributed by atoms with Crippen molar-refractivity contribution >= 4 is 23.2 Å². The number of non-ortho nitro benzene ring substituents is 1. The zero-order valence-electron chi connectivity index (χ0n) is 18.1. The molecule has 0 bridgehead atoms. The number of aliphatic imine (C=N–C) groups is 1. The van der Waals surface area contributed by atoms with Gasteiger partial charge in [-0.15, -0.1) is 0 Å². The molecule has 0 radical (unpaired) electrons. The van der Waals surface area contributed by atoms with E-state index >= 15 is 0 Å². The number of aromatic nitrogens is 2. The molecule has 0 atom stereocenters. The number of benzene rings is 3. The van der Waals surface area contributed by atoms with Crippen LogP contribution in [-0.4, -0.2) is 33.3 Å². The molecule has 3 N–H and O–H groups in total. The van der Waals surface area contributed by atoms with Gasteiger partial charge >= 0.3 is 0 Å². The average Bonchev–Trinajstić information content (AvgIpc) is 3.38. The molecule has 0 aliphatic heterocycles. The zero-order valence-corrected chi connectivity index (χ0v) is 18.1. The fraction of sp³-hybridized carbons (Fsp3) is 0.0800. The highest BCUT2D eigenvalue weighted by Crippen LogP contribution is 2.21. The van der Waals surface area contributed by atoms with Crippen molar-refractivity contribution in [3.8, 4) is 11.1 Å². The van der Waals surface area contributed by atoms with Crippen molar-refractivity contribution < 1.29 is 9.72 Å². The third-order valence-electron chi connectivity index (χ3n) is 5.01. The Balaban J connectivity index is 1.51. The minimum absolute atomic E-state index is 0.158. The van der Waals surface area contributed by atoms with Gasteiger partial charge in [-0.25, -0.2) is 4.98 Å². The van der Waals surface area contributed by atoms with Gasteiger partial charge in [-0.1, -0.05) is 48.5 Å². The maximum atomic E-state index is 12.8. The largest absolute Gasteiger partial charge is 0.348 e. The Kier molecular flexibility index (Phi) is 7.04. The molecule has 0 aliphatic carbocycles. The number of guanidine groups is 1. The summed E-state index contributed by atoms with van der Waals surface area (Å²) in [5.41, 5.74) is 3.82. The van der Waals surface area contributed by atoms with E-state index in [0.717, 1.165) is 22.5 Å². The molecular weight excluding hydrogens is 432 g/mol. The van der Waals surface area contributed by atoms with Gasteiger partial charge in [0.05, 0.1) is 11.3 Å². The topological polar surface area (TPSA) is 125 Å². The second-order valence-electron chi connectivity index (χ2n) is 7.39. The molecule has 0 unspecified atom stereocenters. The van der Waals surface area contributed by atoms with E-state index in [2.05, 4.69) is 25.6 Å². The number of rotatable bonds is 7. The highest BCUT2D eigenvalue weighted by Gasteiger charge is 2.14. The van der Waals surface area contributed by atoms with Gasteiger partial charge in [0.1, 0.15) is 0 Å². The lowest BCUT2D eigenvalue weighted by atomic mass is 10.1. The molecule has 170 valence electrons. The normalized spacial score (nSPS) is 11.1. The number of hydrogen-bond acceptors (Lipinski definition) is 5. The van der Waals surface area contributed by atoms with E-state index in [4.69, 9.17) is 0 Å². The molecule has 1 aromatic heterocycles. The highest BCUT2D eigenvalue weighted by atomic mass is 16.6. The van der Waals surface area contributed by atoms with Crippen LogP contribution in [0.2, 0.25) is 0 Å². The fourth-order valence-electron chi connectivity index (χ4n) is 3.27. The molecule has 3 aromatic carbocycles. The number of aromatic amines is 1. The minimum Gasteiger partial charge on any atom is -0.348 e. The lowest BCUT2D eigenvalue weighted by Crippen LogP contribution is -2.36. The van der Waals surface area contributed by atoms with Crippen molar-refractivity contribution in [3.63, 3.8) is 0 Å². The predicted molar refractivity (Wildman–Crippen MR) is 131 cm³/mol. The Morgan fingerprint density at radius 2 is 1.76 bits per heavy atom. The van der Waals surface area contributed by atoms with E-state index in [0.29, 0.717) is 13.0 Å². The van der Waals surface area contributed by atoms with E-state index in [1.54, 1.807) is 12.5 Å². The van der Waals surface area contributed by atoms with Crippen LogP contribution in [0.3, 0.4) is 0 Å². The molecule has 0 aliphatic rings. The molecule has 0 saturated carbocycles. The number of amides is 1. The number of nitrogens with one attached hydrogen (secondary N) is 3. The molecule has 0 spiro atoms. The number of carbonyl (C=O) groups excluding carboxylic acids is 1. The van der Waals surface area contributed by atoms with Crippen LogP contribution in [0, 0.1) is 10.1 Å². The molecule has 0 fully saturated rings. The van der Waals surface area contributed by atoms with Crippen molar-refractivity contribution in [3.05, 3.63) is 113 Å². The van der Waals surface area contributed by atoms with Gasteiger partial charge in [-0.3, -0.25) is 25.2 Å². The minimum atomic E-state index is -0.539. The van der Waals surface area contributed by atoms with Crippen LogP contribution in [0.4, 0.5) is 11.4 Å². The zero-order chi connectivity index (χ0) is 23.8. The van der Waals surface area contributed by atoms with Gasteiger partial charge < -0.3 is 10.3 Å². The summed E-state index contributed by atoms with van der Waals surface area (Å²) < 4.78 is 0. The fourth-order valence-corrected chi connectivity index (χ4v) is 3.27. The van der Waals surface area contributed by atoms with Crippen LogP contribution in [-0.2, 0) is 6.42 Å². The number of nitro groups is 1. The maximum absolute atomic E-state index is 12.8. The van der Waals surface area contributed by atoms with Gasteiger partial charge in [0.25, 0.3) is 11.6 Å². The molecule has 9 heteroatoms. The monoisotopic (exact) mass is 454 g/mol. The van der Waals surface area contributed by atoms with Crippen molar-refractivity contribution in [2.24, 2.45) is 4.99 Å². The summed E-state index contributed by atoms with van der Waals surface area (Å²) in [4.78, 5) is 34.8. The van der Waals surface area contributed by atoms with Crippen LogP contribution in [0.15, 0.2) is 96.4 Å². The van der Waals surface area contributed by atoms with Gasteiger partial charge in [0, 0.05) is 48.2 Å². The third-order valence-corrected chi connectivity index (χ3v) is 5.01. The Morgan fingerprint density at radius 3 is 2.47 bits per heavy atom. The molecule has 9 nitrogen and oxygen atoms in total. The predicted octanol–water partition coefficient (Wildman–Crippen LogP) is 4.43. The Hall–Kier alpha value is -4.79. The van der Waals surface area contributed by atoms with Crippen LogP contribution in [0.5, 0.6) is 0 Å². The van der Waals surface area contributed by atoms with Crippen LogP contribution in [0.25, 0.3) is 11.1 Å². The second kappa shape index (κ2) is 10.7. The van der Waals surface area contributed by atoms with Crippen molar-refractivity contribution in [2.75, 3.05) is 11.9 Å². The average molecular weight is 454 g/mol. The van der Waals surface area contributed by atoms with Crippen LogP contribution >= 0.6 is 0 Å². The first-order valence-corrected chi connectivity index (χ1v) is 10.6. The van der Waals surface area contributed by atoms with Crippen molar-refractivity contribution in [2.45, 2.75) is 6.42 Å². The SMILES string of the molecule is O=C(NC(=NCCc1cnc[nH]1)Nc1ccc(-c2ccccc2)cc1)c1cccc([N+](=O)[O-])c1. The van der Waals surface area contributed by atoms with Gasteiger partial charge in [0.15, 0.2) is 0 Å². The highest BCUT2D eigenvalue weighted by molar-refractivity contribution is 6.10. The number of carbonyl (C=O) groups is 1. The second-order valence-corrected chi connectivity index (χ2v) is 7.39. The van der Waals surface area contributed by atoms with Crippen LogP contribution in [0.1, 0.15) is 16.1 Å². The molecule has 4 rings (SSSR count). The molecule has 34 heavy (non-hydrogen) atoms. The van der Waals surface area contributed by atoms with E-state index in [1.165, 1.54) is 24.3 Å². The van der Waals surface area contributed by atoms with E-state index in [1.807, 2.05) is 54.6 Å². The number of imidazole rings is 1.